The van der Waals surface area contributed by atoms with E-state index >= 15 is 0 Å². The minimum Gasteiger partial charge on any atom is -0.617 e. The average Bonchev–Trinajstić information content (AvgIpc) is 3.36. The molecule has 5 rings (SSSR count). The number of nitrogens with one attached hydrogen (secondary N) is 3. The number of fused-ring (bicyclic) bond motifs is 2. The molecule has 9 nitrogen and oxygen atoms in total. The number of hydrogen-bond acceptors (Lipinski definition) is 6. The van der Waals surface area contributed by atoms with Gasteiger partial charge in [0.05, 0.1) is 23.0 Å². The van der Waals surface area contributed by atoms with E-state index in [1.165, 1.54) is 0 Å². The molecule has 0 bridgehead atoms. The van der Waals surface area contributed by atoms with E-state index in [2.05, 4.69) is 25.2 Å². The van der Waals surface area contributed by atoms with Crippen molar-refractivity contribution in [2.45, 2.75) is 25.4 Å². The van der Waals surface area contributed by atoms with Gasteiger partial charge in [0.15, 0.2) is 0 Å². The number of piperidine rings is 1. The Hall–Kier alpha value is -2.82. The fraction of sp³-hybridized carbons (Fsp3) is 0.435. The summed E-state index contributed by atoms with van der Waals surface area (Å²) in [6.45, 7) is 3.28. The van der Waals surface area contributed by atoms with Crippen molar-refractivity contribution in [1.82, 2.24) is 24.8 Å². The normalized spacial score (nSPS) is 18.2. The predicted octanol–water partition coefficient (Wildman–Crippen LogP) is 1.76. The molecule has 33 heavy (non-hydrogen) atoms. The number of amides is 1. The van der Waals surface area contributed by atoms with E-state index in [1.54, 1.807) is 25.6 Å². The molecule has 2 aromatic heterocycles. The standard InChI is InChI=1S/C23H28N6O3S/c1-24-17-3-6-25-22(30)20(17)21-26-18-11-14-13-29(23(31)16(14)12-19(18)27-21)15-4-7-28(8-5-15)9-10-33(2)32/h3,6,11-12,15H,4-5,7-10,13H2,1-2H3,(H,26,27)(H2,24,25,30). The third-order valence-electron chi connectivity index (χ3n) is 6.70. The highest BCUT2D eigenvalue weighted by molar-refractivity contribution is 7.90. The molecule has 4 heterocycles. The van der Waals surface area contributed by atoms with Crippen molar-refractivity contribution in [3.8, 4) is 11.4 Å². The number of aromatic amines is 2. The molecule has 1 saturated heterocycles. The van der Waals surface area contributed by atoms with Gasteiger partial charge in [-0.15, -0.1) is 0 Å². The van der Waals surface area contributed by atoms with Crippen molar-refractivity contribution >= 4 is 33.8 Å². The predicted molar refractivity (Wildman–Crippen MR) is 130 cm³/mol. The van der Waals surface area contributed by atoms with E-state index in [9.17, 15) is 14.1 Å². The summed E-state index contributed by atoms with van der Waals surface area (Å²) in [5, 5.41) is 3.03. The lowest BCUT2D eigenvalue weighted by Crippen LogP contribution is -2.45. The molecule has 0 radical (unpaired) electrons. The molecule has 174 valence electrons. The number of carbonyl (C=O) groups excluding carboxylic acids is 1. The Bertz CT molecular complexity index is 1240. The van der Waals surface area contributed by atoms with Gasteiger partial charge < -0.3 is 24.7 Å². The Kier molecular flexibility index (Phi) is 5.90. The Labute approximate surface area is 194 Å². The lowest BCUT2D eigenvalue weighted by atomic mass is 10.0. The van der Waals surface area contributed by atoms with Crippen LogP contribution in [0.4, 0.5) is 5.69 Å². The van der Waals surface area contributed by atoms with Crippen molar-refractivity contribution < 1.29 is 9.35 Å². The maximum absolute atomic E-state index is 13.2. The van der Waals surface area contributed by atoms with Gasteiger partial charge in [0, 0.05) is 51.0 Å². The molecule has 3 aromatic rings. The summed E-state index contributed by atoms with van der Waals surface area (Å²) in [6.07, 6.45) is 5.20. The Balaban J connectivity index is 1.35. The van der Waals surface area contributed by atoms with Crippen LogP contribution in [0.3, 0.4) is 0 Å². The number of aromatic nitrogens is 3. The van der Waals surface area contributed by atoms with Crippen molar-refractivity contribution in [1.29, 1.82) is 0 Å². The third kappa shape index (κ3) is 4.14. The fourth-order valence-electron chi connectivity index (χ4n) is 4.89. The molecular formula is C23H28N6O3S. The largest absolute Gasteiger partial charge is 0.617 e. The van der Waals surface area contributed by atoms with E-state index in [0.29, 0.717) is 34.9 Å². The quantitative estimate of drug-likeness (QED) is 0.474. The van der Waals surface area contributed by atoms with E-state index in [1.807, 2.05) is 17.0 Å². The van der Waals surface area contributed by atoms with Crippen LogP contribution < -0.4 is 10.9 Å². The first-order chi connectivity index (χ1) is 15.9. The summed E-state index contributed by atoms with van der Waals surface area (Å²) in [5.41, 5.74) is 4.07. The number of benzene rings is 1. The first kappa shape index (κ1) is 22.0. The average molecular weight is 469 g/mol. The smallest absolute Gasteiger partial charge is 0.261 e. The minimum absolute atomic E-state index is 0.0598. The zero-order valence-electron chi connectivity index (χ0n) is 18.8. The molecule has 1 unspecified atom stereocenters. The van der Waals surface area contributed by atoms with Crippen LogP contribution in [0.15, 0.2) is 29.2 Å². The maximum atomic E-state index is 13.2. The highest BCUT2D eigenvalue weighted by Crippen LogP contribution is 2.32. The van der Waals surface area contributed by atoms with E-state index in [-0.39, 0.29) is 17.5 Å². The van der Waals surface area contributed by atoms with E-state index in [0.717, 1.165) is 49.1 Å². The summed E-state index contributed by atoms with van der Waals surface area (Å²) in [4.78, 5) is 40.6. The fourth-order valence-corrected chi connectivity index (χ4v) is 5.40. The van der Waals surface area contributed by atoms with Gasteiger partial charge in [-0.3, -0.25) is 14.5 Å². The maximum Gasteiger partial charge on any atom is 0.261 e. The summed E-state index contributed by atoms with van der Waals surface area (Å²) in [7, 11) is 1.76. The van der Waals surface area contributed by atoms with Gasteiger partial charge in [-0.2, -0.15) is 0 Å². The molecule has 1 fully saturated rings. The molecule has 10 heteroatoms. The number of pyridine rings is 1. The number of likely N-dealkylation sites (tertiary alicyclic amines) is 1. The molecule has 3 N–H and O–H groups in total. The van der Waals surface area contributed by atoms with E-state index < -0.39 is 11.2 Å². The molecular weight excluding hydrogens is 440 g/mol. The molecule has 0 saturated carbocycles. The molecule has 0 spiro atoms. The highest BCUT2D eigenvalue weighted by atomic mass is 32.2. The first-order valence-corrected chi connectivity index (χ1v) is 12.9. The second-order valence-corrected chi connectivity index (χ2v) is 10.3. The van der Waals surface area contributed by atoms with Crippen LogP contribution in [-0.4, -0.2) is 79.9 Å². The number of anilines is 1. The van der Waals surface area contributed by atoms with Gasteiger partial charge in [-0.25, -0.2) is 4.98 Å². The Morgan fingerprint density at radius 1 is 1.27 bits per heavy atom. The number of imidazole rings is 1. The van der Waals surface area contributed by atoms with Gasteiger partial charge in [0.25, 0.3) is 11.5 Å². The topological polar surface area (TPSA) is 120 Å². The molecule has 2 aliphatic heterocycles. The number of nitrogens with zero attached hydrogens (tertiary/aromatic N) is 3. The Morgan fingerprint density at radius 3 is 2.79 bits per heavy atom. The van der Waals surface area contributed by atoms with Gasteiger partial charge in [-0.05, 0) is 36.6 Å². The van der Waals surface area contributed by atoms with Crippen molar-refractivity contribution in [2.24, 2.45) is 0 Å². The first-order valence-electron chi connectivity index (χ1n) is 11.2. The van der Waals surface area contributed by atoms with Crippen molar-refractivity contribution in [3.05, 3.63) is 45.9 Å². The molecule has 1 atom stereocenters. The molecule has 1 amide bonds. The number of rotatable bonds is 6. The summed E-state index contributed by atoms with van der Waals surface area (Å²) < 4.78 is 11.4. The van der Waals surface area contributed by atoms with Crippen LogP contribution in [-0.2, 0) is 17.7 Å². The molecule has 1 aromatic carbocycles. The summed E-state index contributed by atoms with van der Waals surface area (Å²) in [5.74, 6) is 1.24. The lowest BCUT2D eigenvalue weighted by Gasteiger charge is -2.36. The van der Waals surface area contributed by atoms with Crippen LogP contribution in [0.25, 0.3) is 22.4 Å². The minimum atomic E-state index is -0.774. The van der Waals surface area contributed by atoms with Crippen LogP contribution in [0.2, 0.25) is 0 Å². The second-order valence-electron chi connectivity index (χ2n) is 8.74. The highest BCUT2D eigenvalue weighted by Gasteiger charge is 2.35. The zero-order valence-corrected chi connectivity index (χ0v) is 19.6. The SMILES string of the molecule is CNc1cc[nH]c(=O)c1-c1nc2cc3c(cc2[nH]1)C(=O)N(C1CCN(CC[S+](C)[O-])CC1)C3. The van der Waals surface area contributed by atoms with Gasteiger partial charge in [0.2, 0.25) is 0 Å². The zero-order chi connectivity index (χ0) is 23.1. The van der Waals surface area contributed by atoms with Crippen LogP contribution >= 0.6 is 0 Å². The number of hydrogen-bond donors (Lipinski definition) is 3. The summed E-state index contributed by atoms with van der Waals surface area (Å²) >= 11 is -0.774. The third-order valence-corrected chi connectivity index (χ3v) is 7.46. The monoisotopic (exact) mass is 468 g/mol. The van der Waals surface area contributed by atoms with Gasteiger partial charge in [-0.1, -0.05) is 11.2 Å². The number of carbonyl (C=O) groups is 1. The van der Waals surface area contributed by atoms with E-state index in [4.69, 9.17) is 0 Å². The molecule has 2 aliphatic rings. The van der Waals surface area contributed by atoms with Gasteiger partial charge >= 0.3 is 0 Å². The van der Waals surface area contributed by atoms with Gasteiger partial charge in [0.1, 0.15) is 17.1 Å². The lowest BCUT2D eigenvalue weighted by molar-refractivity contribution is 0.0603. The molecule has 0 aliphatic carbocycles. The van der Waals surface area contributed by atoms with Crippen molar-refractivity contribution in [3.63, 3.8) is 0 Å². The Morgan fingerprint density at radius 2 is 2.06 bits per heavy atom. The van der Waals surface area contributed by atoms with Crippen LogP contribution in [0, 0.1) is 0 Å². The van der Waals surface area contributed by atoms with Crippen molar-refractivity contribution in [2.75, 3.05) is 44.0 Å². The van der Waals surface area contributed by atoms with Crippen LogP contribution in [0.1, 0.15) is 28.8 Å². The summed E-state index contributed by atoms with van der Waals surface area (Å²) in [6, 6.07) is 5.84. The van der Waals surface area contributed by atoms with Crippen LogP contribution in [0.5, 0.6) is 0 Å². The second kappa shape index (κ2) is 8.85. The number of H-pyrrole nitrogens is 2.